The molecule has 3 unspecified atom stereocenters. The average Bonchev–Trinajstić information content (AvgIpc) is 2.51. The van der Waals surface area contributed by atoms with Crippen LogP contribution in [0.1, 0.15) is 19.8 Å². The quantitative estimate of drug-likeness (QED) is 0.480. The molecule has 0 bridgehead atoms. The van der Waals surface area contributed by atoms with E-state index in [1.54, 1.807) is 0 Å². The molecule has 0 spiro atoms. The zero-order valence-corrected chi connectivity index (χ0v) is 5.97. The highest BCUT2D eigenvalue weighted by Gasteiger charge is 2.46. The van der Waals surface area contributed by atoms with E-state index in [2.05, 4.69) is 6.92 Å². The van der Waals surface area contributed by atoms with Crippen LogP contribution < -0.4 is 0 Å². The monoisotopic (exact) mass is 126 g/mol. The number of hydrogen-bond donors (Lipinski definition) is 0. The lowest BCUT2D eigenvalue weighted by Gasteiger charge is -1.97. The molecule has 0 aromatic carbocycles. The van der Waals surface area contributed by atoms with E-state index in [0.29, 0.717) is 0 Å². The lowest BCUT2D eigenvalue weighted by atomic mass is 10.2. The summed E-state index contributed by atoms with van der Waals surface area (Å²) in [5, 5.41) is 0. The standard InChI is InChI=1S/C8H14O/c1-6-7-3-2-4-9-5-8(6)7/h6-8H,2-5H2,1H3. The molecule has 1 heterocycles. The van der Waals surface area contributed by atoms with E-state index < -0.39 is 0 Å². The predicted octanol–water partition coefficient (Wildman–Crippen LogP) is 1.68. The highest BCUT2D eigenvalue weighted by atomic mass is 16.5. The van der Waals surface area contributed by atoms with Gasteiger partial charge in [0.1, 0.15) is 0 Å². The first-order valence-electron chi connectivity index (χ1n) is 3.97. The summed E-state index contributed by atoms with van der Waals surface area (Å²) in [6.07, 6.45) is 2.72. The van der Waals surface area contributed by atoms with E-state index in [-0.39, 0.29) is 0 Å². The fourth-order valence-electron chi connectivity index (χ4n) is 2.03. The minimum atomic E-state index is 0.937. The molecule has 3 atom stereocenters. The van der Waals surface area contributed by atoms with E-state index in [9.17, 15) is 0 Å². The highest BCUT2D eigenvalue weighted by molar-refractivity contribution is 4.94. The zero-order chi connectivity index (χ0) is 6.27. The topological polar surface area (TPSA) is 9.23 Å². The average molecular weight is 126 g/mol. The van der Waals surface area contributed by atoms with Gasteiger partial charge in [-0.1, -0.05) is 6.92 Å². The van der Waals surface area contributed by atoms with Crippen molar-refractivity contribution < 1.29 is 4.74 Å². The molecule has 0 radical (unpaired) electrons. The maximum atomic E-state index is 5.42. The van der Waals surface area contributed by atoms with Crippen molar-refractivity contribution in [3.8, 4) is 0 Å². The summed E-state index contributed by atoms with van der Waals surface area (Å²) in [5.41, 5.74) is 0. The highest BCUT2D eigenvalue weighted by Crippen LogP contribution is 2.49. The number of rotatable bonds is 0. The Kier molecular flexibility index (Phi) is 1.26. The number of fused-ring (bicyclic) bond motifs is 1. The molecule has 1 saturated heterocycles. The van der Waals surface area contributed by atoms with Crippen LogP contribution in [-0.4, -0.2) is 13.2 Å². The van der Waals surface area contributed by atoms with Crippen molar-refractivity contribution in [1.82, 2.24) is 0 Å². The fraction of sp³-hybridized carbons (Fsp3) is 1.00. The van der Waals surface area contributed by atoms with Crippen LogP contribution in [0.3, 0.4) is 0 Å². The van der Waals surface area contributed by atoms with Crippen LogP contribution in [0.15, 0.2) is 0 Å². The van der Waals surface area contributed by atoms with Crippen molar-refractivity contribution in [1.29, 1.82) is 0 Å². The van der Waals surface area contributed by atoms with Crippen LogP contribution in [0.2, 0.25) is 0 Å². The van der Waals surface area contributed by atoms with Crippen molar-refractivity contribution in [3.63, 3.8) is 0 Å². The van der Waals surface area contributed by atoms with Gasteiger partial charge in [0, 0.05) is 13.2 Å². The second-order valence-corrected chi connectivity index (χ2v) is 3.40. The SMILES string of the molecule is CC1C2CCCOCC12. The third kappa shape index (κ3) is 0.877. The Bertz CT molecular complexity index is 99.1. The minimum Gasteiger partial charge on any atom is -0.381 e. The Hall–Kier alpha value is -0.0400. The van der Waals surface area contributed by atoms with Gasteiger partial charge in [-0.05, 0) is 30.6 Å². The summed E-state index contributed by atoms with van der Waals surface area (Å²) in [5.74, 6) is 2.95. The van der Waals surface area contributed by atoms with Crippen molar-refractivity contribution in [2.45, 2.75) is 19.8 Å². The van der Waals surface area contributed by atoms with Gasteiger partial charge in [-0.2, -0.15) is 0 Å². The summed E-state index contributed by atoms with van der Waals surface area (Å²) in [4.78, 5) is 0. The molecule has 2 fully saturated rings. The molecule has 9 heavy (non-hydrogen) atoms. The Morgan fingerprint density at radius 3 is 3.11 bits per heavy atom. The van der Waals surface area contributed by atoms with Crippen molar-refractivity contribution in [2.75, 3.05) is 13.2 Å². The summed E-state index contributed by atoms with van der Waals surface area (Å²) in [6, 6.07) is 0. The molecule has 0 aromatic rings. The molecular weight excluding hydrogens is 112 g/mol. The van der Waals surface area contributed by atoms with E-state index in [1.165, 1.54) is 12.8 Å². The molecule has 1 aliphatic heterocycles. The van der Waals surface area contributed by atoms with Gasteiger partial charge >= 0.3 is 0 Å². The fourth-order valence-corrected chi connectivity index (χ4v) is 2.03. The molecule has 0 aromatic heterocycles. The van der Waals surface area contributed by atoms with Crippen LogP contribution in [0.4, 0.5) is 0 Å². The summed E-state index contributed by atoms with van der Waals surface area (Å²) >= 11 is 0. The first-order chi connectivity index (χ1) is 4.39. The smallest absolute Gasteiger partial charge is 0.0499 e. The molecule has 1 heteroatoms. The summed E-state index contributed by atoms with van der Waals surface area (Å²) in [7, 11) is 0. The van der Waals surface area contributed by atoms with Gasteiger partial charge < -0.3 is 4.74 Å². The second kappa shape index (κ2) is 1.98. The maximum Gasteiger partial charge on any atom is 0.0499 e. The van der Waals surface area contributed by atoms with Gasteiger partial charge in [-0.25, -0.2) is 0 Å². The van der Waals surface area contributed by atoms with Crippen molar-refractivity contribution in [2.24, 2.45) is 17.8 Å². The first-order valence-corrected chi connectivity index (χ1v) is 3.97. The third-order valence-corrected chi connectivity index (χ3v) is 2.90. The van der Waals surface area contributed by atoms with E-state index >= 15 is 0 Å². The Labute approximate surface area is 56.4 Å². The van der Waals surface area contributed by atoms with Crippen LogP contribution in [0, 0.1) is 17.8 Å². The molecule has 2 rings (SSSR count). The van der Waals surface area contributed by atoms with Crippen LogP contribution in [0.25, 0.3) is 0 Å². The predicted molar refractivity (Wildman–Crippen MR) is 36.2 cm³/mol. The zero-order valence-electron chi connectivity index (χ0n) is 5.97. The molecule has 2 aliphatic rings. The second-order valence-electron chi connectivity index (χ2n) is 3.40. The van der Waals surface area contributed by atoms with Crippen LogP contribution >= 0.6 is 0 Å². The van der Waals surface area contributed by atoms with Crippen LogP contribution in [-0.2, 0) is 4.74 Å². The van der Waals surface area contributed by atoms with E-state index in [4.69, 9.17) is 4.74 Å². The van der Waals surface area contributed by atoms with Gasteiger partial charge in [0.2, 0.25) is 0 Å². The van der Waals surface area contributed by atoms with Gasteiger partial charge in [0.05, 0.1) is 0 Å². The van der Waals surface area contributed by atoms with E-state index in [1.807, 2.05) is 0 Å². The Balaban J connectivity index is 1.93. The molecule has 1 saturated carbocycles. The number of ether oxygens (including phenoxy) is 1. The van der Waals surface area contributed by atoms with Crippen molar-refractivity contribution in [3.05, 3.63) is 0 Å². The molecule has 1 nitrogen and oxygen atoms in total. The van der Waals surface area contributed by atoms with Gasteiger partial charge in [-0.15, -0.1) is 0 Å². The molecule has 52 valence electrons. The Morgan fingerprint density at radius 1 is 1.33 bits per heavy atom. The van der Waals surface area contributed by atoms with Gasteiger partial charge in [0.15, 0.2) is 0 Å². The molecular formula is C8H14O. The van der Waals surface area contributed by atoms with E-state index in [0.717, 1.165) is 31.0 Å². The van der Waals surface area contributed by atoms with Gasteiger partial charge in [0.25, 0.3) is 0 Å². The van der Waals surface area contributed by atoms with Gasteiger partial charge in [-0.3, -0.25) is 0 Å². The normalized spacial score (nSPS) is 49.7. The minimum absolute atomic E-state index is 0.937. The first kappa shape index (κ1) is 5.72. The lowest BCUT2D eigenvalue weighted by Crippen LogP contribution is -1.96. The molecule has 1 aliphatic carbocycles. The molecule has 0 amide bonds. The lowest BCUT2D eigenvalue weighted by molar-refractivity contribution is 0.127. The number of hydrogen-bond acceptors (Lipinski definition) is 1. The van der Waals surface area contributed by atoms with Crippen LogP contribution in [0.5, 0.6) is 0 Å². The Morgan fingerprint density at radius 2 is 2.22 bits per heavy atom. The largest absolute Gasteiger partial charge is 0.381 e. The van der Waals surface area contributed by atoms with Crippen molar-refractivity contribution >= 4 is 0 Å². The summed E-state index contributed by atoms with van der Waals surface area (Å²) in [6.45, 7) is 4.41. The molecule has 0 N–H and O–H groups in total. The summed E-state index contributed by atoms with van der Waals surface area (Å²) < 4.78 is 5.42. The maximum absolute atomic E-state index is 5.42. The third-order valence-electron chi connectivity index (χ3n) is 2.90.